The van der Waals surface area contributed by atoms with Crippen LogP contribution in [0.1, 0.15) is 20.8 Å². The highest BCUT2D eigenvalue weighted by molar-refractivity contribution is 7.98. The second-order valence-corrected chi connectivity index (χ2v) is 4.67. The average Bonchev–Trinajstić information content (AvgIpc) is 2.28. The largest absolute Gasteiger partial charge is 0.474 e. The maximum absolute atomic E-state index is 5.76. The van der Waals surface area contributed by atoms with Gasteiger partial charge in [-0.25, -0.2) is 4.98 Å². The monoisotopic (exact) mass is 241 g/mol. The van der Waals surface area contributed by atoms with Crippen LogP contribution in [0.5, 0.6) is 5.88 Å². The summed E-state index contributed by atoms with van der Waals surface area (Å²) < 4.78 is 5.76. The quantitative estimate of drug-likeness (QED) is 0.634. The van der Waals surface area contributed by atoms with Crippen molar-refractivity contribution in [2.75, 3.05) is 18.6 Å². The minimum absolute atomic E-state index is 0.148. The highest BCUT2D eigenvalue weighted by Gasteiger charge is 2.11. The van der Waals surface area contributed by atoms with Gasteiger partial charge < -0.3 is 10.1 Å². The van der Waals surface area contributed by atoms with Crippen LogP contribution in [0.3, 0.4) is 0 Å². The Morgan fingerprint density at radius 1 is 1.31 bits per heavy atom. The van der Waals surface area contributed by atoms with Crippen molar-refractivity contribution in [3.05, 3.63) is 6.07 Å². The van der Waals surface area contributed by atoms with Crippen LogP contribution in [-0.2, 0) is 0 Å². The van der Waals surface area contributed by atoms with Crippen LogP contribution in [0.2, 0.25) is 0 Å². The zero-order valence-corrected chi connectivity index (χ0v) is 11.3. The first-order valence-corrected chi connectivity index (χ1v) is 6.56. The van der Waals surface area contributed by atoms with Crippen LogP contribution < -0.4 is 10.1 Å². The first kappa shape index (κ1) is 13.1. The number of rotatable bonds is 5. The van der Waals surface area contributed by atoms with Crippen LogP contribution >= 0.6 is 11.8 Å². The van der Waals surface area contributed by atoms with Gasteiger partial charge in [0.05, 0.1) is 6.10 Å². The van der Waals surface area contributed by atoms with E-state index < -0.39 is 0 Å². The van der Waals surface area contributed by atoms with Crippen molar-refractivity contribution in [1.82, 2.24) is 9.97 Å². The van der Waals surface area contributed by atoms with Gasteiger partial charge >= 0.3 is 0 Å². The van der Waals surface area contributed by atoms with Crippen LogP contribution in [0.4, 0.5) is 5.82 Å². The first-order valence-electron chi connectivity index (χ1n) is 5.34. The zero-order valence-electron chi connectivity index (χ0n) is 10.4. The number of nitrogens with zero attached hydrogens (tertiary/aromatic N) is 2. The Bertz CT molecular complexity index is 322. The highest BCUT2D eigenvalue weighted by Crippen LogP contribution is 2.20. The Hall–Kier alpha value is -0.970. The maximum Gasteiger partial charge on any atom is 0.219 e. The molecule has 0 bridgehead atoms. The molecule has 5 heteroatoms. The van der Waals surface area contributed by atoms with E-state index in [1.807, 2.05) is 26.3 Å². The van der Waals surface area contributed by atoms with Gasteiger partial charge in [0.15, 0.2) is 5.16 Å². The van der Waals surface area contributed by atoms with Crippen molar-refractivity contribution in [3.8, 4) is 5.88 Å². The lowest BCUT2D eigenvalue weighted by Gasteiger charge is -2.17. The lowest BCUT2D eigenvalue weighted by Crippen LogP contribution is -2.19. The van der Waals surface area contributed by atoms with Crippen molar-refractivity contribution in [2.24, 2.45) is 5.92 Å². The normalized spacial score (nSPS) is 12.6. The molecule has 0 saturated heterocycles. The third kappa shape index (κ3) is 3.56. The van der Waals surface area contributed by atoms with E-state index in [2.05, 4.69) is 29.1 Å². The topological polar surface area (TPSA) is 47.0 Å². The van der Waals surface area contributed by atoms with Gasteiger partial charge in [-0.15, -0.1) is 0 Å². The second-order valence-electron chi connectivity index (χ2n) is 3.90. The highest BCUT2D eigenvalue weighted by atomic mass is 32.2. The van der Waals surface area contributed by atoms with E-state index in [0.29, 0.717) is 11.8 Å². The van der Waals surface area contributed by atoms with E-state index in [0.717, 1.165) is 11.0 Å². The smallest absolute Gasteiger partial charge is 0.219 e. The number of thioether (sulfide) groups is 1. The number of ether oxygens (including phenoxy) is 1. The summed E-state index contributed by atoms with van der Waals surface area (Å²) in [5.41, 5.74) is 0. The fourth-order valence-electron chi connectivity index (χ4n) is 1.01. The summed E-state index contributed by atoms with van der Waals surface area (Å²) in [5, 5.41) is 3.72. The van der Waals surface area contributed by atoms with Crippen molar-refractivity contribution in [2.45, 2.75) is 32.0 Å². The molecule has 16 heavy (non-hydrogen) atoms. The van der Waals surface area contributed by atoms with Crippen LogP contribution in [0, 0.1) is 5.92 Å². The van der Waals surface area contributed by atoms with Gasteiger partial charge in [-0.2, -0.15) is 4.98 Å². The number of aromatic nitrogens is 2. The fraction of sp³-hybridized carbons (Fsp3) is 0.636. The minimum atomic E-state index is 0.148. The molecule has 1 aromatic heterocycles. The maximum atomic E-state index is 5.76. The molecule has 4 nitrogen and oxygen atoms in total. The number of hydrogen-bond acceptors (Lipinski definition) is 5. The van der Waals surface area contributed by atoms with Crippen molar-refractivity contribution in [3.63, 3.8) is 0 Å². The molecule has 0 saturated carbocycles. The molecule has 0 amide bonds. The molecule has 0 radical (unpaired) electrons. The second kappa shape index (κ2) is 5.94. The summed E-state index contributed by atoms with van der Waals surface area (Å²) >= 11 is 1.51. The number of nitrogens with one attached hydrogen (secondary N) is 1. The molecular formula is C11H19N3OS. The predicted molar refractivity (Wildman–Crippen MR) is 68.3 cm³/mol. The lowest BCUT2D eigenvalue weighted by atomic mass is 10.1. The summed E-state index contributed by atoms with van der Waals surface area (Å²) in [6.07, 6.45) is 2.10. The summed E-state index contributed by atoms with van der Waals surface area (Å²) in [4.78, 5) is 8.60. The molecule has 1 unspecified atom stereocenters. The Balaban J connectivity index is 2.86. The summed E-state index contributed by atoms with van der Waals surface area (Å²) in [6, 6.07) is 1.82. The van der Waals surface area contributed by atoms with Crippen LogP contribution in [0.15, 0.2) is 11.2 Å². The predicted octanol–water partition coefficient (Wildman–Crippen LogP) is 2.66. The minimum Gasteiger partial charge on any atom is -0.474 e. The Morgan fingerprint density at radius 2 is 2.00 bits per heavy atom. The van der Waals surface area contributed by atoms with E-state index >= 15 is 0 Å². The van der Waals surface area contributed by atoms with Gasteiger partial charge in [-0.1, -0.05) is 25.6 Å². The molecule has 0 spiro atoms. The molecule has 1 aromatic rings. The summed E-state index contributed by atoms with van der Waals surface area (Å²) in [7, 11) is 1.84. The van der Waals surface area contributed by atoms with Crippen LogP contribution in [-0.4, -0.2) is 29.4 Å². The standard InChI is InChI=1S/C11H19N3OS/c1-7(2)8(3)15-10-6-9(12-4)13-11(14-10)16-5/h6-8H,1-5H3,(H,12,13,14). The molecule has 1 heterocycles. The third-order valence-electron chi connectivity index (χ3n) is 2.37. The van der Waals surface area contributed by atoms with Crippen molar-refractivity contribution >= 4 is 17.6 Å². The van der Waals surface area contributed by atoms with E-state index in [-0.39, 0.29) is 6.10 Å². The Labute approximate surface area is 101 Å². The fourth-order valence-corrected chi connectivity index (χ4v) is 1.38. The van der Waals surface area contributed by atoms with E-state index in [4.69, 9.17) is 4.74 Å². The van der Waals surface area contributed by atoms with E-state index in [1.165, 1.54) is 11.8 Å². The third-order valence-corrected chi connectivity index (χ3v) is 2.91. The van der Waals surface area contributed by atoms with E-state index in [1.54, 1.807) is 0 Å². The zero-order chi connectivity index (χ0) is 12.1. The Morgan fingerprint density at radius 3 is 2.50 bits per heavy atom. The average molecular weight is 241 g/mol. The van der Waals surface area contributed by atoms with E-state index in [9.17, 15) is 0 Å². The number of hydrogen-bond donors (Lipinski definition) is 1. The summed E-state index contributed by atoms with van der Waals surface area (Å²) in [6.45, 7) is 6.30. The molecule has 1 N–H and O–H groups in total. The molecule has 0 aromatic carbocycles. The molecule has 0 aliphatic rings. The number of anilines is 1. The van der Waals surface area contributed by atoms with Gasteiger partial charge in [-0.3, -0.25) is 0 Å². The van der Waals surface area contributed by atoms with Crippen molar-refractivity contribution < 1.29 is 4.74 Å². The van der Waals surface area contributed by atoms with Gasteiger partial charge in [-0.05, 0) is 19.1 Å². The summed E-state index contributed by atoms with van der Waals surface area (Å²) in [5.74, 6) is 1.88. The van der Waals surface area contributed by atoms with Crippen LogP contribution in [0.25, 0.3) is 0 Å². The molecule has 0 aliphatic heterocycles. The molecule has 0 aliphatic carbocycles. The SMILES string of the molecule is CNc1cc(OC(C)C(C)C)nc(SC)n1. The molecule has 1 rings (SSSR count). The van der Waals surface area contributed by atoms with Crippen molar-refractivity contribution in [1.29, 1.82) is 0 Å². The lowest BCUT2D eigenvalue weighted by molar-refractivity contribution is 0.162. The van der Waals surface area contributed by atoms with Gasteiger partial charge in [0.2, 0.25) is 5.88 Å². The molecule has 90 valence electrons. The van der Waals surface area contributed by atoms with Gasteiger partial charge in [0.1, 0.15) is 5.82 Å². The molecule has 1 atom stereocenters. The molecular weight excluding hydrogens is 222 g/mol. The first-order chi connectivity index (χ1) is 7.56. The Kier molecular flexibility index (Phi) is 4.86. The van der Waals surface area contributed by atoms with Gasteiger partial charge in [0.25, 0.3) is 0 Å². The molecule has 0 fully saturated rings. The van der Waals surface area contributed by atoms with Gasteiger partial charge in [0, 0.05) is 13.1 Å².